The molecule has 2 saturated carbocycles. The van der Waals surface area contributed by atoms with E-state index in [1.165, 1.54) is 19.3 Å². The van der Waals surface area contributed by atoms with Gasteiger partial charge in [-0.1, -0.05) is 13.8 Å². The molecule has 3 heteroatoms. The Kier molecular flexibility index (Phi) is 4.83. The van der Waals surface area contributed by atoms with Gasteiger partial charge in [-0.25, -0.2) is 0 Å². The summed E-state index contributed by atoms with van der Waals surface area (Å²) in [4.78, 5) is 0. The van der Waals surface area contributed by atoms with Crippen molar-refractivity contribution in [3.05, 3.63) is 0 Å². The van der Waals surface area contributed by atoms with Gasteiger partial charge in [-0.05, 0) is 43.9 Å². The van der Waals surface area contributed by atoms with Gasteiger partial charge in [0.15, 0.2) is 0 Å². The van der Waals surface area contributed by atoms with Gasteiger partial charge in [-0.3, -0.25) is 0 Å². The lowest BCUT2D eigenvalue weighted by atomic mass is 9.80. The van der Waals surface area contributed by atoms with Gasteiger partial charge in [0.05, 0.1) is 18.8 Å². The average molecular weight is 241 g/mol. The lowest BCUT2D eigenvalue weighted by molar-refractivity contribution is -0.0382. The first-order valence-corrected chi connectivity index (χ1v) is 7.18. The molecule has 0 heterocycles. The van der Waals surface area contributed by atoms with Crippen molar-refractivity contribution < 1.29 is 9.84 Å². The van der Waals surface area contributed by atoms with Crippen molar-refractivity contribution in [2.24, 2.45) is 11.8 Å². The molecule has 2 rings (SSSR count). The van der Waals surface area contributed by atoms with E-state index in [0.717, 1.165) is 24.7 Å². The van der Waals surface area contributed by atoms with Gasteiger partial charge in [0, 0.05) is 12.6 Å². The molecule has 2 N–H and O–H groups in total. The van der Waals surface area contributed by atoms with E-state index in [1.54, 1.807) is 0 Å². The Morgan fingerprint density at radius 3 is 2.59 bits per heavy atom. The number of ether oxygens (including phenoxy) is 1. The van der Waals surface area contributed by atoms with E-state index >= 15 is 0 Å². The van der Waals surface area contributed by atoms with E-state index < -0.39 is 0 Å². The van der Waals surface area contributed by atoms with Crippen LogP contribution < -0.4 is 5.32 Å². The van der Waals surface area contributed by atoms with E-state index in [1.807, 2.05) is 0 Å². The molecule has 0 aromatic heterocycles. The fraction of sp³-hybridized carbons (Fsp3) is 1.00. The summed E-state index contributed by atoms with van der Waals surface area (Å²) in [5.41, 5.74) is 0. The third-order valence-corrected chi connectivity index (χ3v) is 4.29. The van der Waals surface area contributed by atoms with Crippen LogP contribution in [0.2, 0.25) is 0 Å². The van der Waals surface area contributed by atoms with Crippen molar-refractivity contribution in [3.8, 4) is 0 Å². The number of aliphatic hydroxyl groups excluding tert-OH is 1. The second-order valence-corrected chi connectivity index (χ2v) is 6.06. The van der Waals surface area contributed by atoms with Gasteiger partial charge < -0.3 is 15.2 Å². The highest BCUT2D eigenvalue weighted by Gasteiger charge is 2.26. The van der Waals surface area contributed by atoms with E-state index in [2.05, 4.69) is 19.2 Å². The normalized spacial score (nSPS) is 35.8. The molecular weight excluding hydrogens is 214 g/mol. The molecule has 0 spiro atoms. The van der Waals surface area contributed by atoms with Crippen LogP contribution in [-0.4, -0.2) is 36.5 Å². The molecule has 0 aromatic rings. The Balaban J connectivity index is 1.57. The highest BCUT2D eigenvalue weighted by Crippen LogP contribution is 2.30. The van der Waals surface area contributed by atoms with Crippen LogP contribution in [0.3, 0.4) is 0 Å². The molecule has 0 radical (unpaired) electrons. The average Bonchev–Trinajstić information content (AvgIpc) is 3.12. The molecule has 100 valence electrons. The maximum atomic E-state index is 9.79. The van der Waals surface area contributed by atoms with Gasteiger partial charge in [-0.15, -0.1) is 0 Å². The zero-order valence-corrected chi connectivity index (χ0v) is 11.2. The minimum Gasteiger partial charge on any atom is -0.389 e. The Hall–Kier alpha value is -0.120. The summed E-state index contributed by atoms with van der Waals surface area (Å²) < 4.78 is 5.83. The Morgan fingerprint density at radius 1 is 1.18 bits per heavy atom. The third-order valence-electron chi connectivity index (χ3n) is 4.29. The smallest absolute Gasteiger partial charge is 0.0897 e. The Bertz CT molecular complexity index is 230. The third kappa shape index (κ3) is 4.57. The summed E-state index contributed by atoms with van der Waals surface area (Å²) in [5.74, 6) is 1.59. The Labute approximate surface area is 105 Å². The van der Waals surface area contributed by atoms with Crippen LogP contribution in [-0.2, 0) is 4.74 Å². The number of aliphatic hydroxyl groups is 1. The van der Waals surface area contributed by atoms with Crippen LogP contribution in [0.1, 0.15) is 46.0 Å². The molecule has 2 aliphatic rings. The van der Waals surface area contributed by atoms with Crippen LogP contribution in [0.25, 0.3) is 0 Å². The SMILES string of the molecule is CC1CCC(OCC(O)CNC2CC2)CC1C. The summed E-state index contributed by atoms with van der Waals surface area (Å²) in [7, 11) is 0. The van der Waals surface area contributed by atoms with Crippen molar-refractivity contribution in [1.29, 1.82) is 0 Å². The van der Waals surface area contributed by atoms with Crippen molar-refractivity contribution in [3.63, 3.8) is 0 Å². The molecule has 0 aliphatic heterocycles. The summed E-state index contributed by atoms with van der Waals surface area (Å²) in [6.45, 7) is 5.81. The monoisotopic (exact) mass is 241 g/mol. The first kappa shape index (κ1) is 13.3. The molecule has 0 bridgehead atoms. The molecule has 0 aromatic carbocycles. The van der Waals surface area contributed by atoms with Crippen molar-refractivity contribution in [2.45, 2.75) is 64.2 Å². The minimum absolute atomic E-state index is 0.342. The predicted octanol–water partition coefficient (Wildman–Crippen LogP) is 1.94. The van der Waals surface area contributed by atoms with E-state index in [4.69, 9.17) is 4.74 Å². The topological polar surface area (TPSA) is 41.5 Å². The van der Waals surface area contributed by atoms with Gasteiger partial charge >= 0.3 is 0 Å². The standard InChI is InChI=1S/C14H27NO2/c1-10-3-6-14(7-11(10)2)17-9-13(16)8-15-12-4-5-12/h10-16H,3-9H2,1-2H3. The predicted molar refractivity (Wildman–Crippen MR) is 69.0 cm³/mol. The molecule has 0 saturated heterocycles. The van der Waals surface area contributed by atoms with E-state index in [-0.39, 0.29) is 6.10 Å². The molecular formula is C14H27NO2. The summed E-state index contributed by atoms with van der Waals surface area (Å²) in [6, 6.07) is 0.667. The van der Waals surface area contributed by atoms with E-state index in [9.17, 15) is 5.11 Å². The van der Waals surface area contributed by atoms with Crippen molar-refractivity contribution in [2.75, 3.05) is 13.2 Å². The number of nitrogens with one attached hydrogen (secondary N) is 1. The zero-order chi connectivity index (χ0) is 12.3. The second-order valence-electron chi connectivity index (χ2n) is 6.06. The van der Waals surface area contributed by atoms with Crippen molar-refractivity contribution >= 4 is 0 Å². The number of hydrogen-bond donors (Lipinski definition) is 2. The first-order valence-electron chi connectivity index (χ1n) is 7.18. The molecule has 2 fully saturated rings. The van der Waals surface area contributed by atoms with Crippen LogP contribution in [0.4, 0.5) is 0 Å². The van der Waals surface area contributed by atoms with E-state index in [0.29, 0.717) is 25.3 Å². The first-order chi connectivity index (χ1) is 8.15. The summed E-state index contributed by atoms with van der Waals surface area (Å²) >= 11 is 0. The van der Waals surface area contributed by atoms with Crippen LogP contribution >= 0.6 is 0 Å². The quantitative estimate of drug-likeness (QED) is 0.747. The molecule has 4 unspecified atom stereocenters. The molecule has 4 atom stereocenters. The minimum atomic E-state index is -0.342. The largest absolute Gasteiger partial charge is 0.389 e. The number of hydrogen-bond acceptors (Lipinski definition) is 3. The second kappa shape index (κ2) is 6.17. The maximum absolute atomic E-state index is 9.79. The van der Waals surface area contributed by atoms with Gasteiger partial charge in [-0.2, -0.15) is 0 Å². The fourth-order valence-corrected chi connectivity index (χ4v) is 2.55. The Morgan fingerprint density at radius 2 is 1.94 bits per heavy atom. The van der Waals surface area contributed by atoms with Crippen LogP contribution in [0.5, 0.6) is 0 Å². The molecule has 2 aliphatic carbocycles. The maximum Gasteiger partial charge on any atom is 0.0897 e. The van der Waals surface area contributed by atoms with Gasteiger partial charge in [0.2, 0.25) is 0 Å². The molecule has 0 amide bonds. The molecule has 17 heavy (non-hydrogen) atoms. The summed E-state index contributed by atoms with van der Waals surface area (Å²) in [5, 5.41) is 13.1. The molecule has 3 nitrogen and oxygen atoms in total. The zero-order valence-electron chi connectivity index (χ0n) is 11.2. The van der Waals surface area contributed by atoms with Crippen molar-refractivity contribution in [1.82, 2.24) is 5.32 Å². The van der Waals surface area contributed by atoms with Gasteiger partial charge in [0.1, 0.15) is 0 Å². The highest BCUT2D eigenvalue weighted by atomic mass is 16.5. The fourth-order valence-electron chi connectivity index (χ4n) is 2.55. The van der Waals surface area contributed by atoms with Crippen LogP contribution in [0, 0.1) is 11.8 Å². The number of rotatable bonds is 6. The lowest BCUT2D eigenvalue weighted by Crippen LogP contribution is -2.34. The summed E-state index contributed by atoms with van der Waals surface area (Å²) in [6.07, 6.45) is 6.15. The highest BCUT2D eigenvalue weighted by molar-refractivity contribution is 4.82. The lowest BCUT2D eigenvalue weighted by Gasteiger charge is -2.32. The van der Waals surface area contributed by atoms with Gasteiger partial charge in [0.25, 0.3) is 0 Å². The van der Waals surface area contributed by atoms with Crippen LogP contribution in [0.15, 0.2) is 0 Å².